The zero-order valence-corrected chi connectivity index (χ0v) is 21.3. The fraction of sp³-hybridized carbons (Fsp3) is 0.786. The molecule has 32 heavy (non-hydrogen) atoms. The molecule has 1 aliphatic carbocycles. The Morgan fingerprint density at radius 2 is 1.91 bits per heavy atom. The van der Waals surface area contributed by atoms with E-state index in [-0.39, 0.29) is 23.2 Å². The summed E-state index contributed by atoms with van der Waals surface area (Å²) in [7, 11) is 0. The maximum absolute atomic E-state index is 10.1. The van der Waals surface area contributed by atoms with Gasteiger partial charge in [0.25, 0.3) is 0 Å². The van der Waals surface area contributed by atoms with Crippen molar-refractivity contribution in [2.45, 2.75) is 116 Å². The molecule has 2 bridgehead atoms. The summed E-state index contributed by atoms with van der Waals surface area (Å²) in [5.41, 5.74) is 2.80. The van der Waals surface area contributed by atoms with Gasteiger partial charge in [-0.15, -0.1) is 0 Å². The van der Waals surface area contributed by atoms with Crippen molar-refractivity contribution in [2.24, 2.45) is 11.8 Å². The lowest BCUT2D eigenvalue weighted by Gasteiger charge is -2.53. The Morgan fingerprint density at radius 3 is 2.59 bits per heavy atom. The fourth-order valence-corrected chi connectivity index (χ4v) is 6.24. The predicted molar refractivity (Wildman–Crippen MR) is 132 cm³/mol. The van der Waals surface area contributed by atoms with Crippen molar-refractivity contribution < 1.29 is 14.9 Å². The number of piperidine rings is 1. The Morgan fingerprint density at radius 1 is 1.19 bits per heavy atom. The maximum atomic E-state index is 10.1. The second-order valence-corrected chi connectivity index (χ2v) is 12.1. The minimum atomic E-state index is -0.261. The van der Waals surface area contributed by atoms with Crippen LogP contribution in [0.4, 0.5) is 0 Å². The van der Waals surface area contributed by atoms with Crippen molar-refractivity contribution in [3.63, 3.8) is 0 Å². The molecular formula is C28H47NO3. The molecule has 2 heterocycles. The molecule has 4 rings (SSSR count). The van der Waals surface area contributed by atoms with Gasteiger partial charge in [0.2, 0.25) is 0 Å². The first kappa shape index (κ1) is 25.5. The van der Waals surface area contributed by atoms with Gasteiger partial charge in [-0.2, -0.15) is 0 Å². The summed E-state index contributed by atoms with van der Waals surface area (Å²) >= 11 is 0. The highest BCUT2D eigenvalue weighted by Gasteiger charge is 2.53. The first-order chi connectivity index (χ1) is 15.0. The minimum Gasteiger partial charge on any atom is -0.508 e. The maximum Gasteiger partial charge on any atom is 0.115 e. The molecule has 2 fully saturated rings. The third-order valence-corrected chi connectivity index (χ3v) is 7.94. The van der Waals surface area contributed by atoms with Crippen molar-refractivity contribution in [3.05, 3.63) is 29.3 Å². The van der Waals surface area contributed by atoms with Crippen molar-refractivity contribution in [1.82, 2.24) is 5.32 Å². The highest BCUT2D eigenvalue weighted by molar-refractivity contribution is 5.44. The van der Waals surface area contributed by atoms with Crippen LogP contribution in [0.1, 0.15) is 97.6 Å². The number of hydrogen-bond donors (Lipinski definition) is 3. The van der Waals surface area contributed by atoms with Gasteiger partial charge in [0.1, 0.15) is 5.75 Å². The SMILES string of the molecule is CC(C)(CCO)OCCC12CCC[C@]3(C)c4cc(O)ccc4C[C@H](CC1)C3N2.CC(C)C. The van der Waals surface area contributed by atoms with Crippen molar-refractivity contribution in [2.75, 3.05) is 13.2 Å². The molecule has 1 aromatic rings. The van der Waals surface area contributed by atoms with Crippen LogP contribution in [0.5, 0.6) is 5.75 Å². The van der Waals surface area contributed by atoms with Crippen LogP contribution in [0.25, 0.3) is 0 Å². The van der Waals surface area contributed by atoms with Gasteiger partial charge < -0.3 is 20.3 Å². The van der Waals surface area contributed by atoms with Crippen LogP contribution >= 0.6 is 0 Å². The van der Waals surface area contributed by atoms with E-state index < -0.39 is 0 Å². The standard InChI is InChI=1S/C24H37NO3.C4H10/c1-22(2,11-13-26)28-14-12-24-9-4-8-23(3)20-16-19(27)6-5-17(20)15-18(7-10-24)21(23)25-24;1-4(2)3/h5-6,16,18,21,25-27H,4,7-15H2,1-3H3;4H,1-3H3/t18-,21?,23+,24?;/m0./s1. The van der Waals surface area contributed by atoms with E-state index in [4.69, 9.17) is 4.74 Å². The normalized spacial score (nSPS) is 31.4. The van der Waals surface area contributed by atoms with Crippen LogP contribution in [0.3, 0.4) is 0 Å². The molecule has 2 saturated heterocycles. The largest absolute Gasteiger partial charge is 0.508 e. The van der Waals surface area contributed by atoms with Crippen LogP contribution in [-0.2, 0) is 16.6 Å². The molecule has 4 atom stereocenters. The molecule has 0 saturated carbocycles. The summed E-state index contributed by atoms with van der Waals surface area (Å²) in [5.74, 6) is 1.91. The number of aromatic hydroxyl groups is 1. The lowest BCUT2D eigenvalue weighted by molar-refractivity contribution is -0.0460. The quantitative estimate of drug-likeness (QED) is 0.523. The van der Waals surface area contributed by atoms with Gasteiger partial charge in [-0.3, -0.25) is 0 Å². The van der Waals surface area contributed by atoms with Crippen LogP contribution < -0.4 is 5.32 Å². The number of phenolic OH excluding ortho intramolecular Hbond substituents is 1. The summed E-state index contributed by atoms with van der Waals surface area (Å²) in [6, 6.07) is 6.50. The second kappa shape index (κ2) is 10.0. The number of hydrogen-bond acceptors (Lipinski definition) is 4. The number of nitrogens with one attached hydrogen (secondary N) is 1. The van der Waals surface area contributed by atoms with E-state index in [1.807, 2.05) is 12.1 Å². The van der Waals surface area contributed by atoms with Gasteiger partial charge in [-0.1, -0.05) is 40.2 Å². The molecule has 0 amide bonds. The number of aliphatic hydroxyl groups is 1. The Labute approximate surface area is 196 Å². The molecule has 4 heteroatoms. The van der Waals surface area contributed by atoms with E-state index >= 15 is 0 Å². The molecular weight excluding hydrogens is 398 g/mol. The molecule has 0 aromatic heterocycles. The Balaban J connectivity index is 0.000000668. The summed E-state index contributed by atoms with van der Waals surface area (Å²) in [6.45, 7) is 14.0. The highest BCUT2D eigenvalue weighted by Crippen LogP contribution is 2.52. The second-order valence-electron chi connectivity index (χ2n) is 12.1. The highest BCUT2D eigenvalue weighted by atomic mass is 16.5. The Bertz CT molecular complexity index is 758. The van der Waals surface area contributed by atoms with E-state index in [1.165, 1.54) is 43.2 Å². The van der Waals surface area contributed by atoms with E-state index in [2.05, 4.69) is 52.9 Å². The first-order valence-corrected chi connectivity index (χ1v) is 12.9. The molecule has 182 valence electrons. The van der Waals surface area contributed by atoms with Gasteiger partial charge in [-0.05, 0) is 93.9 Å². The van der Waals surface area contributed by atoms with Gasteiger partial charge >= 0.3 is 0 Å². The lowest BCUT2D eigenvalue weighted by atomic mass is 9.60. The Kier molecular flexibility index (Phi) is 8.00. The average Bonchev–Trinajstić information content (AvgIpc) is 2.82. The van der Waals surface area contributed by atoms with Crippen LogP contribution in [0.15, 0.2) is 18.2 Å². The molecule has 2 aliphatic heterocycles. The topological polar surface area (TPSA) is 61.7 Å². The van der Waals surface area contributed by atoms with Crippen molar-refractivity contribution in [1.29, 1.82) is 0 Å². The predicted octanol–water partition coefficient (Wildman–Crippen LogP) is 5.73. The number of benzene rings is 1. The van der Waals surface area contributed by atoms with Crippen molar-refractivity contribution >= 4 is 0 Å². The number of phenols is 1. The molecule has 0 radical (unpaired) electrons. The number of aliphatic hydroxyl groups excluding tert-OH is 1. The zero-order valence-electron chi connectivity index (χ0n) is 21.3. The monoisotopic (exact) mass is 445 g/mol. The smallest absolute Gasteiger partial charge is 0.115 e. The van der Waals surface area contributed by atoms with Crippen LogP contribution in [0.2, 0.25) is 0 Å². The van der Waals surface area contributed by atoms with Crippen LogP contribution in [-0.4, -0.2) is 40.6 Å². The van der Waals surface area contributed by atoms with Crippen molar-refractivity contribution in [3.8, 4) is 5.75 Å². The first-order valence-electron chi connectivity index (χ1n) is 12.9. The number of ether oxygens (including phenoxy) is 1. The fourth-order valence-electron chi connectivity index (χ4n) is 6.24. The van der Waals surface area contributed by atoms with E-state index in [0.29, 0.717) is 24.1 Å². The van der Waals surface area contributed by atoms with E-state index in [0.717, 1.165) is 25.4 Å². The summed E-state index contributed by atoms with van der Waals surface area (Å²) in [6.07, 6.45) is 8.92. The third-order valence-electron chi connectivity index (χ3n) is 7.94. The van der Waals surface area contributed by atoms with Crippen LogP contribution in [0, 0.1) is 11.8 Å². The van der Waals surface area contributed by atoms with Gasteiger partial charge in [0, 0.05) is 30.2 Å². The average molecular weight is 446 g/mol. The van der Waals surface area contributed by atoms with Gasteiger partial charge in [-0.25, -0.2) is 0 Å². The summed E-state index contributed by atoms with van der Waals surface area (Å²) in [5, 5.41) is 23.5. The van der Waals surface area contributed by atoms with E-state index in [1.54, 1.807) is 0 Å². The summed E-state index contributed by atoms with van der Waals surface area (Å²) in [4.78, 5) is 0. The molecule has 4 nitrogen and oxygen atoms in total. The number of rotatable bonds is 6. The minimum absolute atomic E-state index is 0.0934. The molecule has 2 unspecified atom stereocenters. The molecule has 3 aliphatic rings. The molecule has 3 N–H and O–H groups in total. The Hall–Kier alpha value is -1.10. The molecule has 1 aromatic carbocycles. The van der Waals surface area contributed by atoms with Gasteiger partial charge in [0.15, 0.2) is 0 Å². The summed E-state index contributed by atoms with van der Waals surface area (Å²) < 4.78 is 6.16. The van der Waals surface area contributed by atoms with Gasteiger partial charge in [0.05, 0.1) is 5.60 Å². The number of fused-ring (bicyclic) bond motifs is 3. The lowest BCUT2D eigenvalue weighted by Crippen LogP contribution is -2.63. The zero-order chi connectivity index (χ0) is 23.6. The molecule has 0 spiro atoms. The van der Waals surface area contributed by atoms with E-state index in [9.17, 15) is 10.2 Å². The third kappa shape index (κ3) is 5.69.